The molecule has 0 spiro atoms. The predicted molar refractivity (Wildman–Crippen MR) is 105 cm³/mol. The summed E-state index contributed by atoms with van der Waals surface area (Å²) < 4.78 is 17.9. The fraction of sp³-hybridized carbons (Fsp3) is 0.421. The van der Waals surface area contributed by atoms with Gasteiger partial charge in [-0.2, -0.15) is 0 Å². The van der Waals surface area contributed by atoms with Crippen LogP contribution in [-0.2, 0) is 16.6 Å². The van der Waals surface area contributed by atoms with E-state index >= 15 is 0 Å². The molecule has 2 rings (SSSR count). The van der Waals surface area contributed by atoms with E-state index in [2.05, 4.69) is 24.1 Å². The first-order valence-corrected chi connectivity index (χ1v) is 10.5. The van der Waals surface area contributed by atoms with Crippen LogP contribution in [0.1, 0.15) is 36.6 Å². The monoisotopic (exact) mass is 396 g/mol. The van der Waals surface area contributed by atoms with Crippen LogP contribution in [0.5, 0.6) is 0 Å². The van der Waals surface area contributed by atoms with E-state index in [1.807, 2.05) is 0 Å². The van der Waals surface area contributed by atoms with E-state index < -0.39 is 10.8 Å². The Labute approximate surface area is 162 Å². The SMILES string of the molecule is CCN(CC)CCCNC(=O)c1ccc(CS(=O)c2ccccc2Cl)o1. The number of benzene rings is 1. The Hall–Kier alpha value is -1.63. The number of carbonyl (C=O) groups excluding carboxylic acids is 1. The van der Waals surface area contributed by atoms with Gasteiger partial charge in [0.25, 0.3) is 5.91 Å². The highest BCUT2D eigenvalue weighted by Crippen LogP contribution is 2.22. The predicted octanol–water partition coefficient (Wildman–Crippen LogP) is 3.70. The van der Waals surface area contributed by atoms with Crippen LogP contribution in [0.15, 0.2) is 45.7 Å². The number of carbonyl (C=O) groups is 1. The molecule has 7 heteroatoms. The zero-order valence-corrected chi connectivity index (χ0v) is 16.7. The molecule has 142 valence electrons. The van der Waals surface area contributed by atoms with Crippen LogP contribution in [0.2, 0.25) is 5.02 Å². The van der Waals surface area contributed by atoms with Crippen molar-refractivity contribution < 1.29 is 13.4 Å². The molecule has 0 saturated carbocycles. The molecular formula is C19H25ClN2O3S. The molecular weight excluding hydrogens is 372 g/mol. The van der Waals surface area contributed by atoms with E-state index in [0.29, 0.717) is 22.2 Å². The van der Waals surface area contributed by atoms with Crippen molar-refractivity contribution >= 4 is 28.3 Å². The number of amides is 1. The molecule has 0 saturated heterocycles. The zero-order chi connectivity index (χ0) is 18.9. The minimum Gasteiger partial charge on any atom is -0.455 e. The van der Waals surface area contributed by atoms with Gasteiger partial charge in [0, 0.05) is 6.54 Å². The van der Waals surface area contributed by atoms with Crippen LogP contribution in [-0.4, -0.2) is 41.2 Å². The lowest BCUT2D eigenvalue weighted by Gasteiger charge is -2.17. The Bertz CT molecular complexity index is 744. The van der Waals surface area contributed by atoms with Gasteiger partial charge in [0.05, 0.1) is 26.5 Å². The molecule has 0 fully saturated rings. The maximum Gasteiger partial charge on any atom is 0.286 e. The third kappa shape index (κ3) is 5.97. The summed E-state index contributed by atoms with van der Waals surface area (Å²) in [6.07, 6.45) is 0.886. The highest BCUT2D eigenvalue weighted by molar-refractivity contribution is 7.84. The van der Waals surface area contributed by atoms with Crippen LogP contribution in [0.3, 0.4) is 0 Å². The Morgan fingerprint density at radius 1 is 1.19 bits per heavy atom. The van der Waals surface area contributed by atoms with Crippen molar-refractivity contribution in [3.63, 3.8) is 0 Å². The Morgan fingerprint density at radius 2 is 1.92 bits per heavy atom. The van der Waals surface area contributed by atoms with Gasteiger partial charge in [0.15, 0.2) is 5.76 Å². The number of rotatable bonds is 10. The second-order valence-corrected chi connectivity index (χ2v) is 7.65. The summed E-state index contributed by atoms with van der Waals surface area (Å²) in [5.74, 6) is 0.661. The topological polar surface area (TPSA) is 62.6 Å². The number of halogens is 1. The fourth-order valence-corrected chi connectivity index (χ4v) is 4.02. The summed E-state index contributed by atoms with van der Waals surface area (Å²) in [5, 5.41) is 3.32. The van der Waals surface area contributed by atoms with Gasteiger partial charge in [-0.1, -0.05) is 37.6 Å². The molecule has 0 aliphatic rings. The molecule has 26 heavy (non-hydrogen) atoms. The average Bonchev–Trinajstić information content (AvgIpc) is 3.10. The third-order valence-electron chi connectivity index (χ3n) is 4.07. The summed E-state index contributed by atoms with van der Waals surface area (Å²) in [7, 11) is -1.32. The van der Waals surface area contributed by atoms with Crippen molar-refractivity contribution in [2.24, 2.45) is 0 Å². The lowest BCUT2D eigenvalue weighted by molar-refractivity contribution is 0.0922. The van der Waals surface area contributed by atoms with Crippen LogP contribution < -0.4 is 5.32 Å². The summed E-state index contributed by atoms with van der Waals surface area (Å²) in [6.45, 7) is 7.81. The fourth-order valence-electron chi connectivity index (χ4n) is 2.55. The van der Waals surface area contributed by atoms with Gasteiger partial charge < -0.3 is 14.6 Å². The van der Waals surface area contributed by atoms with Crippen molar-refractivity contribution in [1.82, 2.24) is 10.2 Å². The van der Waals surface area contributed by atoms with Gasteiger partial charge in [0.2, 0.25) is 0 Å². The van der Waals surface area contributed by atoms with Gasteiger partial charge in [-0.05, 0) is 50.3 Å². The van der Waals surface area contributed by atoms with E-state index in [1.54, 1.807) is 36.4 Å². The van der Waals surface area contributed by atoms with Gasteiger partial charge >= 0.3 is 0 Å². The third-order valence-corrected chi connectivity index (χ3v) is 5.91. The molecule has 2 aromatic rings. The summed E-state index contributed by atoms with van der Waals surface area (Å²) in [5.41, 5.74) is 0. The second kappa shape index (κ2) is 10.5. The highest BCUT2D eigenvalue weighted by Gasteiger charge is 2.14. The molecule has 0 aliphatic heterocycles. The largest absolute Gasteiger partial charge is 0.455 e. The Morgan fingerprint density at radius 3 is 2.62 bits per heavy atom. The van der Waals surface area contributed by atoms with E-state index in [4.69, 9.17) is 16.0 Å². The minimum absolute atomic E-state index is 0.180. The van der Waals surface area contributed by atoms with Crippen LogP contribution in [0.25, 0.3) is 0 Å². The number of hydrogen-bond donors (Lipinski definition) is 1. The lowest BCUT2D eigenvalue weighted by atomic mass is 10.3. The Kier molecular flexibility index (Phi) is 8.35. The summed E-state index contributed by atoms with van der Waals surface area (Å²) in [4.78, 5) is 15.0. The number of furan rings is 1. The van der Waals surface area contributed by atoms with Crippen molar-refractivity contribution in [1.29, 1.82) is 0 Å². The lowest BCUT2D eigenvalue weighted by Crippen LogP contribution is -2.29. The quantitative estimate of drug-likeness (QED) is 0.622. The first-order chi connectivity index (χ1) is 12.5. The molecule has 1 atom stereocenters. The molecule has 1 aromatic heterocycles. The molecule has 0 radical (unpaired) electrons. The number of nitrogens with zero attached hydrogens (tertiary/aromatic N) is 1. The average molecular weight is 397 g/mol. The molecule has 0 bridgehead atoms. The standard InChI is InChI=1S/C19H25ClN2O3S/c1-3-22(4-2)13-7-12-21-19(23)17-11-10-15(25-17)14-26(24)18-9-6-5-8-16(18)20/h5-6,8-11H,3-4,7,12-14H2,1-2H3,(H,21,23). The molecule has 1 amide bonds. The van der Waals surface area contributed by atoms with E-state index in [-0.39, 0.29) is 17.4 Å². The molecule has 1 unspecified atom stereocenters. The van der Waals surface area contributed by atoms with Crippen LogP contribution >= 0.6 is 11.6 Å². The first-order valence-electron chi connectivity index (χ1n) is 8.77. The highest BCUT2D eigenvalue weighted by atomic mass is 35.5. The first kappa shape index (κ1) is 20.7. The van der Waals surface area contributed by atoms with Crippen molar-refractivity contribution in [3.05, 3.63) is 52.9 Å². The molecule has 1 aromatic carbocycles. The minimum atomic E-state index is -1.32. The number of hydrogen-bond acceptors (Lipinski definition) is 4. The van der Waals surface area contributed by atoms with E-state index in [9.17, 15) is 9.00 Å². The van der Waals surface area contributed by atoms with Gasteiger partial charge in [-0.3, -0.25) is 9.00 Å². The van der Waals surface area contributed by atoms with Crippen molar-refractivity contribution in [3.8, 4) is 0 Å². The van der Waals surface area contributed by atoms with Crippen LogP contribution in [0.4, 0.5) is 0 Å². The van der Waals surface area contributed by atoms with Crippen molar-refractivity contribution in [2.45, 2.75) is 30.9 Å². The van der Waals surface area contributed by atoms with Crippen molar-refractivity contribution in [2.75, 3.05) is 26.2 Å². The maximum atomic E-state index is 12.4. The van der Waals surface area contributed by atoms with Gasteiger partial charge in [-0.25, -0.2) is 0 Å². The normalized spacial score (nSPS) is 12.3. The molecule has 0 aliphatic carbocycles. The summed E-state index contributed by atoms with van der Waals surface area (Å²) >= 11 is 6.06. The van der Waals surface area contributed by atoms with Gasteiger partial charge in [-0.15, -0.1) is 0 Å². The molecule has 5 nitrogen and oxygen atoms in total. The number of nitrogens with one attached hydrogen (secondary N) is 1. The maximum absolute atomic E-state index is 12.4. The van der Waals surface area contributed by atoms with Crippen LogP contribution in [0, 0.1) is 0 Å². The molecule has 1 N–H and O–H groups in total. The zero-order valence-electron chi connectivity index (χ0n) is 15.2. The smallest absolute Gasteiger partial charge is 0.286 e. The Balaban J connectivity index is 1.84. The second-order valence-electron chi connectivity index (χ2n) is 5.82. The molecule has 1 heterocycles. The van der Waals surface area contributed by atoms with E-state index in [0.717, 1.165) is 26.1 Å². The summed E-state index contributed by atoms with van der Waals surface area (Å²) in [6, 6.07) is 10.3. The van der Waals surface area contributed by atoms with E-state index in [1.165, 1.54) is 0 Å². The van der Waals surface area contributed by atoms with Gasteiger partial charge in [0.1, 0.15) is 5.76 Å².